The maximum Gasteiger partial charge on any atom is 0.0182 e. The van der Waals surface area contributed by atoms with E-state index in [1.54, 1.807) is 0 Å². The molecule has 0 N–H and O–H groups in total. The van der Waals surface area contributed by atoms with Crippen LogP contribution in [0.3, 0.4) is 0 Å². The molecule has 0 aromatic heterocycles. The van der Waals surface area contributed by atoms with Gasteiger partial charge in [-0.05, 0) is 18.8 Å². The van der Waals surface area contributed by atoms with E-state index >= 15 is 0 Å². The van der Waals surface area contributed by atoms with E-state index in [1.807, 2.05) is 0 Å². The Hall–Kier alpha value is 0.960. The van der Waals surface area contributed by atoms with Gasteiger partial charge in [0.25, 0.3) is 0 Å². The van der Waals surface area contributed by atoms with Crippen LogP contribution in [0.1, 0.15) is 25.7 Å². The van der Waals surface area contributed by atoms with Crippen molar-refractivity contribution >= 4 is 31.9 Å². The third-order valence-corrected chi connectivity index (χ3v) is 4.05. The lowest BCUT2D eigenvalue weighted by molar-refractivity contribution is 0.410. The Kier molecular flexibility index (Phi) is 3.55. The highest BCUT2D eigenvalue weighted by molar-refractivity contribution is 9.10. The normalized spacial score (nSPS) is 36.7. The Morgan fingerprint density at radius 1 is 1.22 bits per heavy atom. The summed E-state index contributed by atoms with van der Waals surface area (Å²) >= 11 is 7.21. The molecule has 0 spiro atoms. The lowest BCUT2D eigenvalue weighted by Crippen LogP contribution is -2.19. The zero-order chi connectivity index (χ0) is 6.69. The summed E-state index contributed by atoms with van der Waals surface area (Å²) in [6.07, 6.45) is 5.62. The minimum absolute atomic E-state index is 0.783. The van der Waals surface area contributed by atoms with E-state index in [0.29, 0.717) is 0 Å². The van der Waals surface area contributed by atoms with Crippen molar-refractivity contribution in [2.75, 3.05) is 5.33 Å². The summed E-state index contributed by atoms with van der Waals surface area (Å²) in [5.74, 6) is 0.888. The van der Waals surface area contributed by atoms with Crippen LogP contribution in [0.5, 0.6) is 0 Å². The topological polar surface area (TPSA) is 0 Å². The first-order valence-electron chi connectivity index (χ1n) is 3.54. The molecule has 1 saturated carbocycles. The van der Waals surface area contributed by atoms with Gasteiger partial charge in [0.1, 0.15) is 0 Å². The largest absolute Gasteiger partial charge is 0.0925 e. The second kappa shape index (κ2) is 3.97. The predicted octanol–water partition coefficient (Wildman–Crippen LogP) is 3.34. The maximum atomic E-state index is 3.68. The zero-order valence-electron chi connectivity index (χ0n) is 5.45. The van der Waals surface area contributed by atoms with Crippen molar-refractivity contribution in [3.8, 4) is 0 Å². The lowest BCUT2D eigenvalue weighted by atomic mass is 9.91. The summed E-state index contributed by atoms with van der Waals surface area (Å²) < 4.78 is 0. The molecule has 0 aliphatic heterocycles. The SMILES string of the molecule is BrCC1CCCCC1Br. The van der Waals surface area contributed by atoms with Gasteiger partial charge in [0.15, 0.2) is 0 Å². The van der Waals surface area contributed by atoms with E-state index in [1.165, 1.54) is 31.0 Å². The second-order valence-corrected chi connectivity index (χ2v) is 4.54. The smallest absolute Gasteiger partial charge is 0.0182 e. The van der Waals surface area contributed by atoms with Gasteiger partial charge in [-0.2, -0.15) is 0 Å². The maximum absolute atomic E-state index is 3.68. The van der Waals surface area contributed by atoms with Crippen molar-refractivity contribution in [2.45, 2.75) is 30.5 Å². The molecule has 1 aliphatic carbocycles. The highest BCUT2D eigenvalue weighted by Crippen LogP contribution is 2.30. The summed E-state index contributed by atoms with van der Waals surface area (Å²) in [7, 11) is 0. The molecule has 2 unspecified atom stereocenters. The molecule has 0 aromatic rings. The predicted molar refractivity (Wildman–Crippen MR) is 48.5 cm³/mol. The third kappa shape index (κ3) is 2.23. The third-order valence-electron chi connectivity index (χ3n) is 2.01. The fraction of sp³-hybridized carbons (Fsp3) is 1.00. The molecule has 54 valence electrons. The summed E-state index contributed by atoms with van der Waals surface area (Å²) in [4.78, 5) is 0.783. The fourth-order valence-corrected chi connectivity index (χ4v) is 3.39. The van der Waals surface area contributed by atoms with Crippen molar-refractivity contribution < 1.29 is 0 Å². The first kappa shape index (κ1) is 8.06. The van der Waals surface area contributed by atoms with Crippen LogP contribution in [-0.2, 0) is 0 Å². The summed E-state index contributed by atoms with van der Waals surface area (Å²) in [5, 5.41) is 1.17. The molecule has 0 nitrogen and oxygen atoms in total. The molecule has 0 bridgehead atoms. The van der Waals surface area contributed by atoms with Crippen molar-refractivity contribution in [2.24, 2.45) is 5.92 Å². The molecule has 0 aromatic carbocycles. The van der Waals surface area contributed by atoms with Gasteiger partial charge >= 0.3 is 0 Å². The number of rotatable bonds is 1. The highest BCUT2D eigenvalue weighted by atomic mass is 79.9. The molecular weight excluding hydrogens is 244 g/mol. The van der Waals surface area contributed by atoms with Crippen LogP contribution in [0, 0.1) is 5.92 Å². The van der Waals surface area contributed by atoms with Crippen LogP contribution in [-0.4, -0.2) is 10.2 Å². The van der Waals surface area contributed by atoms with E-state index in [4.69, 9.17) is 0 Å². The summed E-state index contributed by atoms with van der Waals surface area (Å²) in [6.45, 7) is 0. The number of halogens is 2. The molecule has 9 heavy (non-hydrogen) atoms. The molecule has 0 radical (unpaired) electrons. The minimum atomic E-state index is 0.783. The Bertz CT molecular complexity index is 83.0. The van der Waals surface area contributed by atoms with Crippen LogP contribution in [0.15, 0.2) is 0 Å². The Labute approximate surface area is 73.7 Å². The Morgan fingerprint density at radius 2 is 1.89 bits per heavy atom. The molecule has 1 aliphatic rings. The van der Waals surface area contributed by atoms with Gasteiger partial charge in [-0.1, -0.05) is 44.7 Å². The van der Waals surface area contributed by atoms with E-state index in [9.17, 15) is 0 Å². The molecule has 2 atom stereocenters. The summed E-state index contributed by atoms with van der Waals surface area (Å²) in [5.41, 5.74) is 0. The molecule has 1 fully saturated rings. The van der Waals surface area contributed by atoms with Crippen molar-refractivity contribution in [1.82, 2.24) is 0 Å². The van der Waals surface area contributed by atoms with Crippen LogP contribution in [0.2, 0.25) is 0 Å². The van der Waals surface area contributed by atoms with E-state index < -0.39 is 0 Å². The van der Waals surface area contributed by atoms with E-state index in [0.717, 1.165) is 10.7 Å². The molecule has 0 heterocycles. The molecular formula is C7H12Br2. The van der Waals surface area contributed by atoms with Crippen molar-refractivity contribution in [3.05, 3.63) is 0 Å². The molecule has 0 amide bonds. The van der Waals surface area contributed by atoms with Gasteiger partial charge in [0.05, 0.1) is 0 Å². The summed E-state index contributed by atoms with van der Waals surface area (Å²) in [6, 6.07) is 0. The zero-order valence-corrected chi connectivity index (χ0v) is 8.62. The van der Waals surface area contributed by atoms with Gasteiger partial charge < -0.3 is 0 Å². The van der Waals surface area contributed by atoms with E-state index in [-0.39, 0.29) is 0 Å². The quantitative estimate of drug-likeness (QED) is 0.631. The standard InChI is InChI=1S/C7H12Br2/c8-5-6-3-1-2-4-7(6)9/h6-7H,1-5H2. The number of alkyl halides is 2. The highest BCUT2D eigenvalue weighted by Gasteiger charge is 2.20. The number of hydrogen-bond acceptors (Lipinski definition) is 0. The average molecular weight is 256 g/mol. The molecule has 0 saturated heterocycles. The molecule has 1 rings (SSSR count). The van der Waals surface area contributed by atoms with Crippen molar-refractivity contribution in [1.29, 1.82) is 0 Å². The van der Waals surface area contributed by atoms with Crippen LogP contribution >= 0.6 is 31.9 Å². The van der Waals surface area contributed by atoms with Gasteiger partial charge in [-0.3, -0.25) is 0 Å². The van der Waals surface area contributed by atoms with Crippen LogP contribution in [0.4, 0.5) is 0 Å². The van der Waals surface area contributed by atoms with Crippen LogP contribution < -0.4 is 0 Å². The van der Waals surface area contributed by atoms with Crippen LogP contribution in [0.25, 0.3) is 0 Å². The Balaban J connectivity index is 2.30. The van der Waals surface area contributed by atoms with Gasteiger partial charge in [-0.25, -0.2) is 0 Å². The minimum Gasteiger partial charge on any atom is -0.0925 e. The van der Waals surface area contributed by atoms with Crippen molar-refractivity contribution in [3.63, 3.8) is 0 Å². The molecule has 2 heteroatoms. The lowest BCUT2D eigenvalue weighted by Gasteiger charge is -2.25. The number of hydrogen-bond donors (Lipinski definition) is 0. The van der Waals surface area contributed by atoms with Gasteiger partial charge in [0, 0.05) is 10.2 Å². The van der Waals surface area contributed by atoms with E-state index in [2.05, 4.69) is 31.9 Å². The monoisotopic (exact) mass is 254 g/mol. The first-order valence-corrected chi connectivity index (χ1v) is 5.58. The van der Waals surface area contributed by atoms with Gasteiger partial charge in [-0.15, -0.1) is 0 Å². The second-order valence-electron chi connectivity index (χ2n) is 2.71. The fourth-order valence-electron chi connectivity index (χ4n) is 1.34. The average Bonchev–Trinajstić information content (AvgIpc) is 1.89. The van der Waals surface area contributed by atoms with Gasteiger partial charge in [0.2, 0.25) is 0 Å². The first-order chi connectivity index (χ1) is 4.34. The Morgan fingerprint density at radius 3 is 2.33 bits per heavy atom.